The predicted octanol–water partition coefficient (Wildman–Crippen LogP) is 2.98. The van der Waals surface area contributed by atoms with E-state index in [1.54, 1.807) is 23.8 Å². The predicted molar refractivity (Wildman–Crippen MR) is 129 cm³/mol. The summed E-state index contributed by atoms with van der Waals surface area (Å²) in [4.78, 5) is 7.36. The van der Waals surface area contributed by atoms with Crippen LogP contribution in [0.3, 0.4) is 0 Å². The molecule has 0 N–H and O–H groups in total. The fraction of sp³-hybridized carbons (Fsp3) is 0.462. The molecule has 3 fully saturated rings. The summed E-state index contributed by atoms with van der Waals surface area (Å²) < 4.78 is 18.3. The number of nitriles is 1. The van der Waals surface area contributed by atoms with Crippen molar-refractivity contribution in [3.63, 3.8) is 0 Å². The minimum atomic E-state index is -0.0238. The number of pyridine rings is 1. The van der Waals surface area contributed by atoms with Gasteiger partial charge in [-0.1, -0.05) is 11.2 Å². The minimum absolute atomic E-state index is 0.0238. The molecule has 0 saturated heterocycles. The van der Waals surface area contributed by atoms with Crippen LogP contribution < -0.4 is 9.47 Å². The van der Waals surface area contributed by atoms with Crippen LogP contribution in [0.2, 0.25) is 0 Å². The second-order valence-corrected chi connectivity index (χ2v) is 10.4. The van der Waals surface area contributed by atoms with Gasteiger partial charge in [-0.2, -0.15) is 9.78 Å². The lowest BCUT2D eigenvalue weighted by Crippen LogP contribution is -2.63. The standard InChI is InChI=1S/C26H26N8O3/c1-15-7-21(32-37-15)24-30-29-23-8-22(35-2)25(31-34(23)24)36-13-18-4-3-16-11-33(6-5-20(16)28-18)12-19-17-9-26(19,10-17)14-27/h3-4,7-8,17,19H,5-6,9-13H2,1-2H3. The first-order valence-electron chi connectivity index (χ1n) is 12.5. The van der Waals surface area contributed by atoms with Gasteiger partial charge >= 0.3 is 0 Å². The Kier molecular flexibility index (Phi) is 4.94. The van der Waals surface area contributed by atoms with Gasteiger partial charge in [0.1, 0.15) is 12.4 Å². The van der Waals surface area contributed by atoms with Crippen molar-refractivity contribution < 1.29 is 14.0 Å². The molecule has 4 aromatic heterocycles. The highest BCUT2D eigenvalue weighted by Gasteiger charge is 2.65. The van der Waals surface area contributed by atoms with Crippen molar-refractivity contribution in [3.8, 4) is 29.2 Å². The Morgan fingerprint density at radius 1 is 1.24 bits per heavy atom. The Labute approximate surface area is 213 Å². The van der Waals surface area contributed by atoms with Crippen LogP contribution in [0.4, 0.5) is 0 Å². The highest BCUT2D eigenvalue weighted by molar-refractivity contribution is 5.56. The van der Waals surface area contributed by atoms with E-state index in [0.717, 1.165) is 56.2 Å². The molecule has 11 heteroatoms. The number of aryl methyl sites for hydroxylation is 1. The highest BCUT2D eigenvalue weighted by Crippen LogP contribution is 2.68. The molecule has 1 aliphatic heterocycles. The fourth-order valence-corrected chi connectivity index (χ4v) is 5.95. The number of rotatable bonds is 7. The maximum absolute atomic E-state index is 9.53. The van der Waals surface area contributed by atoms with E-state index in [-0.39, 0.29) is 12.0 Å². The Bertz CT molecular complexity index is 1550. The number of ether oxygens (including phenoxy) is 2. The van der Waals surface area contributed by atoms with Gasteiger partial charge in [-0.05, 0) is 43.2 Å². The molecule has 0 radical (unpaired) electrons. The summed E-state index contributed by atoms with van der Waals surface area (Å²) in [5, 5.41) is 26.5. The lowest BCUT2D eigenvalue weighted by molar-refractivity contribution is -0.156. The number of nitrogens with zero attached hydrogens (tertiary/aromatic N) is 8. The summed E-state index contributed by atoms with van der Waals surface area (Å²) >= 11 is 0. The lowest BCUT2D eigenvalue weighted by atomic mass is 9.38. The molecule has 5 heterocycles. The molecule has 0 amide bonds. The second kappa shape index (κ2) is 8.24. The average molecular weight is 499 g/mol. The van der Waals surface area contributed by atoms with E-state index >= 15 is 0 Å². The number of fused-ring (bicyclic) bond motifs is 2. The van der Waals surface area contributed by atoms with Gasteiger partial charge in [-0.25, -0.2) is 0 Å². The molecule has 2 bridgehead atoms. The SMILES string of the molecule is COc1cc2nnc(-c3cc(C)on3)n2nc1OCc1ccc2c(n1)CCN(CC1C3CC1(C#N)C3)C2. The van der Waals surface area contributed by atoms with Crippen LogP contribution >= 0.6 is 0 Å². The molecular formula is C26H26N8O3. The first-order valence-corrected chi connectivity index (χ1v) is 12.5. The Hall–Kier alpha value is -4.04. The van der Waals surface area contributed by atoms with Crippen molar-refractivity contribution in [1.82, 2.24) is 34.9 Å². The van der Waals surface area contributed by atoms with Gasteiger partial charge < -0.3 is 14.0 Å². The Morgan fingerprint density at radius 3 is 2.86 bits per heavy atom. The summed E-state index contributed by atoms with van der Waals surface area (Å²) in [7, 11) is 1.56. The molecule has 3 saturated carbocycles. The zero-order chi connectivity index (χ0) is 25.1. The zero-order valence-corrected chi connectivity index (χ0v) is 20.7. The average Bonchev–Trinajstić information content (AvgIpc) is 3.50. The Balaban J connectivity index is 1.06. The third-order valence-electron chi connectivity index (χ3n) is 8.15. The number of hydrogen-bond donors (Lipinski definition) is 0. The third-order valence-corrected chi connectivity index (χ3v) is 8.15. The minimum Gasteiger partial charge on any atom is -0.491 e. The fourth-order valence-electron chi connectivity index (χ4n) is 5.95. The van der Waals surface area contributed by atoms with Crippen LogP contribution in [0.15, 0.2) is 28.8 Å². The first-order chi connectivity index (χ1) is 18.0. The van der Waals surface area contributed by atoms with Crippen LogP contribution in [-0.4, -0.2) is 55.1 Å². The molecule has 188 valence electrons. The second-order valence-electron chi connectivity index (χ2n) is 10.4. The molecule has 1 unspecified atom stereocenters. The maximum Gasteiger partial charge on any atom is 0.275 e. The van der Waals surface area contributed by atoms with Crippen LogP contribution in [0.25, 0.3) is 17.2 Å². The van der Waals surface area contributed by atoms with E-state index in [1.165, 1.54) is 5.56 Å². The van der Waals surface area contributed by atoms with Crippen molar-refractivity contribution in [3.05, 3.63) is 47.0 Å². The van der Waals surface area contributed by atoms with E-state index < -0.39 is 0 Å². The van der Waals surface area contributed by atoms with Crippen LogP contribution in [0.1, 0.15) is 35.6 Å². The maximum atomic E-state index is 9.53. The summed E-state index contributed by atoms with van der Waals surface area (Å²) in [6, 6.07) is 10.2. The molecular weight excluding hydrogens is 472 g/mol. The molecule has 4 aliphatic rings. The summed E-state index contributed by atoms with van der Waals surface area (Å²) in [5.74, 6) is 3.21. The monoisotopic (exact) mass is 498 g/mol. The van der Waals surface area contributed by atoms with E-state index in [4.69, 9.17) is 19.0 Å². The summed E-state index contributed by atoms with van der Waals surface area (Å²) in [6.45, 7) is 4.95. The van der Waals surface area contributed by atoms with Gasteiger partial charge in [0.25, 0.3) is 5.88 Å². The largest absolute Gasteiger partial charge is 0.491 e. The molecule has 4 aromatic rings. The molecule has 0 spiro atoms. The summed E-state index contributed by atoms with van der Waals surface area (Å²) in [5.41, 5.74) is 4.22. The molecule has 8 rings (SSSR count). The highest BCUT2D eigenvalue weighted by atomic mass is 16.5. The van der Waals surface area contributed by atoms with Gasteiger partial charge in [0.05, 0.1) is 24.3 Å². The molecule has 1 atom stereocenters. The normalized spacial score (nSPS) is 24.1. The molecule has 0 aromatic carbocycles. The van der Waals surface area contributed by atoms with Crippen LogP contribution in [0, 0.1) is 35.5 Å². The quantitative estimate of drug-likeness (QED) is 0.375. The zero-order valence-electron chi connectivity index (χ0n) is 20.7. The van der Waals surface area contributed by atoms with E-state index in [2.05, 4.69) is 37.5 Å². The van der Waals surface area contributed by atoms with Gasteiger partial charge in [0.2, 0.25) is 5.82 Å². The summed E-state index contributed by atoms with van der Waals surface area (Å²) in [6.07, 6.45) is 3.11. The van der Waals surface area contributed by atoms with E-state index in [9.17, 15) is 5.26 Å². The van der Waals surface area contributed by atoms with Crippen molar-refractivity contribution in [1.29, 1.82) is 5.26 Å². The third kappa shape index (κ3) is 3.54. The van der Waals surface area contributed by atoms with Crippen molar-refractivity contribution in [2.45, 2.75) is 39.3 Å². The number of methoxy groups -OCH3 is 1. The van der Waals surface area contributed by atoms with Gasteiger partial charge in [0, 0.05) is 43.9 Å². The smallest absolute Gasteiger partial charge is 0.275 e. The van der Waals surface area contributed by atoms with Crippen molar-refractivity contribution in [2.24, 2.45) is 17.3 Å². The van der Waals surface area contributed by atoms with Gasteiger partial charge in [-0.3, -0.25) is 9.88 Å². The topological polar surface area (TPSA) is 127 Å². The molecule has 11 nitrogen and oxygen atoms in total. The van der Waals surface area contributed by atoms with Gasteiger partial charge in [-0.15, -0.1) is 15.3 Å². The van der Waals surface area contributed by atoms with E-state index in [1.807, 2.05) is 13.0 Å². The van der Waals surface area contributed by atoms with Crippen LogP contribution in [-0.2, 0) is 19.6 Å². The lowest BCUT2D eigenvalue weighted by Gasteiger charge is -2.65. The number of aromatic nitrogens is 6. The van der Waals surface area contributed by atoms with E-state index in [0.29, 0.717) is 40.5 Å². The van der Waals surface area contributed by atoms with Crippen molar-refractivity contribution in [2.75, 3.05) is 20.2 Å². The van der Waals surface area contributed by atoms with Crippen molar-refractivity contribution >= 4 is 5.65 Å². The number of hydrogen-bond acceptors (Lipinski definition) is 10. The molecule has 3 aliphatic carbocycles. The van der Waals surface area contributed by atoms with Crippen LogP contribution in [0.5, 0.6) is 11.6 Å². The molecule has 37 heavy (non-hydrogen) atoms. The Morgan fingerprint density at radius 2 is 2.14 bits per heavy atom. The van der Waals surface area contributed by atoms with Gasteiger partial charge in [0.15, 0.2) is 17.1 Å². The first kappa shape index (κ1) is 22.2.